The quantitative estimate of drug-likeness (QED) is 0.525. The van der Waals surface area contributed by atoms with Crippen molar-refractivity contribution >= 4 is 17.7 Å². The number of piperazine rings is 1. The lowest BCUT2D eigenvalue weighted by molar-refractivity contribution is 0.0842. The largest absolute Gasteiger partial charge is 0.493 e. The highest BCUT2D eigenvalue weighted by atomic mass is 16.7. The zero-order valence-electron chi connectivity index (χ0n) is 20.9. The molecule has 0 radical (unpaired) electrons. The van der Waals surface area contributed by atoms with Crippen LogP contribution in [0.1, 0.15) is 15.9 Å². The van der Waals surface area contributed by atoms with E-state index in [-0.39, 0.29) is 13.4 Å². The van der Waals surface area contributed by atoms with Crippen LogP contribution in [0.2, 0.25) is 0 Å². The van der Waals surface area contributed by atoms with Crippen molar-refractivity contribution < 1.29 is 28.5 Å². The number of ether oxygens (including phenoxy) is 4. The molecular formula is C25H33N5O6. The molecule has 2 aliphatic heterocycles. The lowest BCUT2D eigenvalue weighted by atomic mass is 10.1. The molecule has 0 bridgehead atoms. The molecule has 0 spiro atoms. The van der Waals surface area contributed by atoms with E-state index in [0.717, 1.165) is 49.7 Å². The van der Waals surface area contributed by atoms with E-state index in [4.69, 9.17) is 18.9 Å². The first-order valence-electron chi connectivity index (χ1n) is 11.8. The molecule has 2 heterocycles. The average Bonchev–Trinajstić information content (AvgIpc) is 3.36. The number of nitrogens with zero attached hydrogens (tertiary/aromatic N) is 3. The van der Waals surface area contributed by atoms with E-state index in [9.17, 15) is 9.59 Å². The standard InChI is InChI=1S/C25H33N5O6/c1-28(2)20-6-4-19(5-7-20)24(31)26-27-25(32)34-13-12-29-8-10-30(11-9-29)16-18-14-21(33-3)23-22(15-18)35-17-36-23/h4-7,14-15H,8-13,16-17H2,1-3H3,(H,26,31)(H,27,32). The zero-order valence-corrected chi connectivity index (χ0v) is 20.9. The van der Waals surface area contributed by atoms with Crippen molar-refractivity contribution in [3.8, 4) is 17.2 Å². The summed E-state index contributed by atoms with van der Waals surface area (Å²) in [6, 6.07) is 11.0. The molecule has 0 unspecified atom stereocenters. The Morgan fingerprint density at radius 1 is 1.00 bits per heavy atom. The number of fused-ring (bicyclic) bond motifs is 1. The van der Waals surface area contributed by atoms with Gasteiger partial charge in [0.05, 0.1) is 7.11 Å². The van der Waals surface area contributed by atoms with Crippen molar-refractivity contribution in [3.63, 3.8) is 0 Å². The highest BCUT2D eigenvalue weighted by Crippen LogP contribution is 2.42. The van der Waals surface area contributed by atoms with Crippen molar-refractivity contribution in [1.29, 1.82) is 0 Å². The van der Waals surface area contributed by atoms with Gasteiger partial charge in [0.2, 0.25) is 12.5 Å². The van der Waals surface area contributed by atoms with Gasteiger partial charge in [-0.2, -0.15) is 0 Å². The number of anilines is 1. The number of methoxy groups -OCH3 is 1. The minimum absolute atomic E-state index is 0.213. The number of carbonyl (C=O) groups excluding carboxylic acids is 2. The number of hydrogen-bond acceptors (Lipinski definition) is 9. The van der Waals surface area contributed by atoms with Crippen LogP contribution in [0, 0.1) is 0 Å². The number of nitrogens with one attached hydrogen (secondary N) is 2. The van der Waals surface area contributed by atoms with E-state index in [2.05, 4.69) is 20.7 Å². The molecule has 1 fully saturated rings. The van der Waals surface area contributed by atoms with Gasteiger partial charge < -0.3 is 23.8 Å². The van der Waals surface area contributed by atoms with E-state index < -0.39 is 12.0 Å². The van der Waals surface area contributed by atoms with Gasteiger partial charge in [0.25, 0.3) is 5.91 Å². The average molecular weight is 500 g/mol. The van der Waals surface area contributed by atoms with Gasteiger partial charge in [-0.05, 0) is 42.0 Å². The molecule has 11 heteroatoms. The number of hydrogen-bond donors (Lipinski definition) is 2. The minimum Gasteiger partial charge on any atom is -0.493 e. The monoisotopic (exact) mass is 499 g/mol. The van der Waals surface area contributed by atoms with Crippen molar-refractivity contribution in [1.82, 2.24) is 20.7 Å². The summed E-state index contributed by atoms with van der Waals surface area (Å²) in [6.45, 7) is 5.38. The number of amides is 2. The molecule has 2 amide bonds. The topological polar surface area (TPSA) is 105 Å². The number of benzene rings is 2. The molecule has 194 valence electrons. The number of rotatable bonds is 8. The van der Waals surface area contributed by atoms with Gasteiger partial charge in [-0.1, -0.05) is 0 Å². The van der Waals surface area contributed by atoms with Crippen LogP contribution in [0.5, 0.6) is 17.2 Å². The lowest BCUT2D eigenvalue weighted by Gasteiger charge is -2.34. The van der Waals surface area contributed by atoms with E-state index in [1.165, 1.54) is 0 Å². The van der Waals surface area contributed by atoms with Crippen LogP contribution >= 0.6 is 0 Å². The maximum absolute atomic E-state index is 12.2. The Labute approximate surface area is 210 Å². The van der Waals surface area contributed by atoms with E-state index in [1.54, 1.807) is 19.2 Å². The summed E-state index contributed by atoms with van der Waals surface area (Å²) in [5.74, 6) is 1.66. The van der Waals surface area contributed by atoms with Gasteiger partial charge >= 0.3 is 6.09 Å². The zero-order chi connectivity index (χ0) is 25.5. The maximum atomic E-state index is 12.2. The van der Waals surface area contributed by atoms with Crippen LogP contribution in [-0.4, -0.2) is 89.1 Å². The van der Waals surface area contributed by atoms with Crippen LogP contribution in [-0.2, 0) is 11.3 Å². The van der Waals surface area contributed by atoms with Gasteiger partial charge in [-0.15, -0.1) is 0 Å². The molecule has 2 N–H and O–H groups in total. The Bertz CT molecular complexity index is 1050. The first kappa shape index (κ1) is 25.4. The predicted molar refractivity (Wildman–Crippen MR) is 134 cm³/mol. The van der Waals surface area contributed by atoms with Gasteiger partial charge in [-0.3, -0.25) is 20.0 Å². The molecule has 4 rings (SSSR count). The highest BCUT2D eigenvalue weighted by molar-refractivity contribution is 5.95. The summed E-state index contributed by atoms with van der Waals surface area (Å²) in [4.78, 5) is 30.7. The SMILES string of the molecule is COc1cc(CN2CCN(CCOC(=O)NNC(=O)c3ccc(N(C)C)cc3)CC2)cc2c1OCO2. The van der Waals surface area contributed by atoms with Gasteiger partial charge in [0, 0.05) is 64.6 Å². The summed E-state index contributed by atoms with van der Waals surface area (Å²) in [5.41, 5.74) is 7.19. The van der Waals surface area contributed by atoms with Gasteiger partial charge in [0.1, 0.15) is 6.61 Å². The van der Waals surface area contributed by atoms with Crippen molar-refractivity contribution in [3.05, 3.63) is 47.5 Å². The Kier molecular flexibility index (Phi) is 8.34. The second-order valence-electron chi connectivity index (χ2n) is 8.81. The summed E-state index contributed by atoms with van der Waals surface area (Å²) < 4.78 is 21.6. The fraction of sp³-hybridized carbons (Fsp3) is 0.440. The molecule has 0 aromatic heterocycles. The first-order chi connectivity index (χ1) is 17.4. The van der Waals surface area contributed by atoms with Gasteiger partial charge in [0.15, 0.2) is 11.5 Å². The third-order valence-corrected chi connectivity index (χ3v) is 6.15. The van der Waals surface area contributed by atoms with Crippen molar-refractivity contribution in [2.75, 3.05) is 72.2 Å². The minimum atomic E-state index is -0.691. The first-order valence-corrected chi connectivity index (χ1v) is 11.8. The smallest absolute Gasteiger partial charge is 0.426 e. The molecule has 0 aliphatic carbocycles. The highest BCUT2D eigenvalue weighted by Gasteiger charge is 2.22. The Morgan fingerprint density at radius 2 is 1.72 bits per heavy atom. The van der Waals surface area contributed by atoms with Crippen LogP contribution in [0.4, 0.5) is 10.5 Å². The third-order valence-electron chi connectivity index (χ3n) is 6.15. The Hall–Kier alpha value is -3.70. The second kappa shape index (κ2) is 11.8. The van der Waals surface area contributed by atoms with E-state index in [0.29, 0.717) is 23.6 Å². The summed E-state index contributed by atoms with van der Waals surface area (Å²) in [6.07, 6.45) is -0.691. The van der Waals surface area contributed by atoms with Crippen LogP contribution < -0.4 is 30.0 Å². The molecule has 2 aromatic rings. The fourth-order valence-corrected chi connectivity index (χ4v) is 4.10. The molecular weight excluding hydrogens is 466 g/mol. The Morgan fingerprint density at radius 3 is 2.42 bits per heavy atom. The molecule has 0 atom stereocenters. The van der Waals surface area contributed by atoms with Crippen LogP contribution in [0.3, 0.4) is 0 Å². The normalized spacial score (nSPS) is 15.3. The van der Waals surface area contributed by atoms with Crippen molar-refractivity contribution in [2.45, 2.75) is 6.54 Å². The third kappa shape index (κ3) is 6.49. The van der Waals surface area contributed by atoms with Crippen LogP contribution in [0.15, 0.2) is 36.4 Å². The summed E-state index contributed by atoms with van der Waals surface area (Å²) in [7, 11) is 5.47. The Balaban J connectivity index is 1.12. The molecule has 2 aromatic carbocycles. The second-order valence-corrected chi connectivity index (χ2v) is 8.81. The van der Waals surface area contributed by atoms with E-state index in [1.807, 2.05) is 43.3 Å². The van der Waals surface area contributed by atoms with Crippen molar-refractivity contribution in [2.24, 2.45) is 0 Å². The number of carbonyl (C=O) groups is 2. The number of hydrazine groups is 1. The maximum Gasteiger partial charge on any atom is 0.426 e. The molecule has 11 nitrogen and oxygen atoms in total. The predicted octanol–water partition coefficient (Wildman–Crippen LogP) is 1.68. The van der Waals surface area contributed by atoms with E-state index >= 15 is 0 Å². The summed E-state index contributed by atoms with van der Waals surface area (Å²) >= 11 is 0. The molecule has 0 saturated carbocycles. The van der Waals surface area contributed by atoms with Gasteiger partial charge in [-0.25, -0.2) is 10.2 Å². The van der Waals surface area contributed by atoms with Crippen LogP contribution in [0.25, 0.3) is 0 Å². The molecule has 36 heavy (non-hydrogen) atoms. The lowest BCUT2D eigenvalue weighted by Crippen LogP contribution is -2.47. The molecule has 1 saturated heterocycles. The summed E-state index contributed by atoms with van der Waals surface area (Å²) in [5, 5.41) is 0. The molecule has 2 aliphatic rings. The fourth-order valence-electron chi connectivity index (χ4n) is 4.10.